The second kappa shape index (κ2) is 6.60. The Bertz CT molecular complexity index is 1200. The predicted molar refractivity (Wildman–Crippen MR) is 105 cm³/mol. The van der Waals surface area contributed by atoms with Crippen LogP contribution in [0.25, 0.3) is 16.7 Å². The van der Waals surface area contributed by atoms with Crippen LogP contribution >= 0.6 is 0 Å². The average Bonchev–Trinajstić information content (AvgIpc) is 3.15. The number of hydrogen-bond donors (Lipinski definition) is 2. The van der Waals surface area contributed by atoms with E-state index in [9.17, 15) is 9.90 Å². The van der Waals surface area contributed by atoms with Gasteiger partial charge in [0.05, 0.1) is 16.9 Å². The standard InChI is InChI=1S/C20H19N5O2/c1-3-24-19-16(5-4-10-21-19)17(20(24)27)12-22-14-6-8-15(9-7-14)25-13(2)11-18(26)23-25/h4-12,27H,3H2,1-2H3,(H,23,26). The molecule has 0 aliphatic rings. The molecule has 27 heavy (non-hydrogen) atoms. The first kappa shape index (κ1) is 16.8. The molecule has 0 radical (unpaired) electrons. The maximum Gasteiger partial charge on any atom is 0.264 e. The van der Waals surface area contributed by atoms with E-state index in [2.05, 4.69) is 15.1 Å². The number of rotatable bonds is 4. The van der Waals surface area contributed by atoms with Crippen LogP contribution in [0.2, 0.25) is 0 Å². The molecule has 0 atom stereocenters. The van der Waals surface area contributed by atoms with Crippen molar-refractivity contribution in [1.29, 1.82) is 0 Å². The molecule has 0 spiro atoms. The third kappa shape index (κ3) is 2.93. The van der Waals surface area contributed by atoms with E-state index in [4.69, 9.17) is 0 Å². The van der Waals surface area contributed by atoms with E-state index in [0.717, 1.165) is 28.1 Å². The molecule has 4 aromatic rings. The van der Waals surface area contributed by atoms with Crippen molar-refractivity contribution in [2.24, 2.45) is 4.99 Å². The highest BCUT2D eigenvalue weighted by Crippen LogP contribution is 2.29. The normalized spacial score (nSPS) is 11.6. The van der Waals surface area contributed by atoms with Gasteiger partial charge in [0.25, 0.3) is 5.56 Å². The van der Waals surface area contributed by atoms with E-state index >= 15 is 0 Å². The van der Waals surface area contributed by atoms with Gasteiger partial charge in [-0.2, -0.15) is 0 Å². The number of nitrogens with zero attached hydrogens (tertiary/aromatic N) is 4. The molecule has 2 N–H and O–H groups in total. The summed E-state index contributed by atoms with van der Waals surface area (Å²) in [6.45, 7) is 4.45. The van der Waals surface area contributed by atoms with Crippen molar-refractivity contribution < 1.29 is 5.11 Å². The fraction of sp³-hybridized carbons (Fsp3) is 0.150. The van der Waals surface area contributed by atoms with E-state index in [1.807, 2.05) is 50.2 Å². The molecule has 0 bridgehead atoms. The van der Waals surface area contributed by atoms with Crippen LogP contribution in [0.1, 0.15) is 18.2 Å². The fourth-order valence-corrected chi connectivity index (χ4v) is 3.20. The number of aromatic hydroxyl groups is 1. The molecule has 0 saturated heterocycles. The van der Waals surface area contributed by atoms with Gasteiger partial charge in [0.15, 0.2) is 0 Å². The third-order valence-corrected chi connectivity index (χ3v) is 4.51. The Kier molecular flexibility index (Phi) is 4.12. The van der Waals surface area contributed by atoms with Gasteiger partial charge >= 0.3 is 0 Å². The van der Waals surface area contributed by atoms with E-state index < -0.39 is 0 Å². The highest BCUT2D eigenvalue weighted by Gasteiger charge is 2.14. The summed E-state index contributed by atoms with van der Waals surface area (Å²) in [4.78, 5) is 20.3. The van der Waals surface area contributed by atoms with Crippen LogP contribution < -0.4 is 5.56 Å². The van der Waals surface area contributed by atoms with Crippen molar-refractivity contribution in [3.8, 4) is 11.6 Å². The van der Waals surface area contributed by atoms with Crippen molar-refractivity contribution >= 4 is 22.9 Å². The second-order valence-corrected chi connectivity index (χ2v) is 6.23. The predicted octanol–water partition coefficient (Wildman–Crippen LogP) is 3.30. The lowest BCUT2D eigenvalue weighted by molar-refractivity contribution is 0.424. The molecule has 0 aliphatic carbocycles. The minimum atomic E-state index is -0.133. The summed E-state index contributed by atoms with van der Waals surface area (Å²) in [5.74, 6) is 0.159. The van der Waals surface area contributed by atoms with Gasteiger partial charge in [-0.1, -0.05) is 0 Å². The first-order chi connectivity index (χ1) is 13.1. The van der Waals surface area contributed by atoms with Gasteiger partial charge in [-0.3, -0.25) is 24.1 Å². The van der Waals surface area contributed by atoms with Crippen molar-refractivity contribution in [3.63, 3.8) is 0 Å². The maximum absolute atomic E-state index is 11.4. The van der Waals surface area contributed by atoms with Crippen LogP contribution in [-0.2, 0) is 6.54 Å². The molecule has 0 fully saturated rings. The maximum atomic E-state index is 11.4. The Morgan fingerprint density at radius 1 is 1.26 bits per heavy atom. The zero-order chi connectivity index (χ0) is 19.0. The summed E-state index contributed by atoms with van der Waals surface area (Å²) in [5, 5.41) is 14.1. The Hall–Kier alpha value is -3.61. The number of pyridine rings is 1. The Labute approximate surface area is 155 Å². The van der Waals surface area contributed by atoms with E-state index in [1.165, 1.54) is 0 Å². The first-order valence-electron chi connectivity index (χ1n) is 8.68. The summed E-state index contributed by atoms with van der Waals surface area (Å²) in [5.41, 5.74) is 3.68. The summed E-state index contributed by atoms with van der Waals surface area (Å²) in [7, 11) is 0. The summed E-state index contributed by atoms with van der Waals surface area (Å²) in [6.07, 6.45) is 3.37. The zero-order valence-electron chi connectivity index (χ0n) is 15.0. The number of nitrogens with one attached hydrogen (secondary N) is 1. The Balaban J connectivity index is 1.68. The van der Waals surface area contributed by atoms with Gasteiger partial charge in [0, 0.05) is 36.1 Å². The van der Waals surface area contributed by atoms with E-state index in [0.29, 0.717) is 12.1 Å². The third-order valence-electron chi connectivity index (χ3n) is 4.51. The number of benzene rings is 1. The van der Waals surface area contributed by atoms with Crippen LogP contribution in [0.15, 0.2) is 58.4 Å². The molecule has 4 rings (SSSR count). The fourth-order valence-electron chi connectivity index (χ4n) is 3.20. The van der Waals surface area contributed by atoms with Crippen LogP contribution in [0.5, 0.6) is 5.88 Å². The quantitative estimate of drug-likeness (QED) is 0.547. The highest BCUT2D eigenvalue weighted by atomic mass is 16.3. The summed E-state index contributed by atoms with van der Waals surface area (Å²) < 4.78 is 3.48. The van der Waals surface area contributed by atoms with Gasteiger partial charge in [-0.15, -0.1) is 0 Å². The number of aliphatic imine (C=N–C) groups is 1. The van der Waals surface area contributed by atoms with Gasteiger partial charge in [0.2, 0.25) is 5.88 Å². The van der Waals surface area contributed by atoms with Crippen LogP contribution in [-0.4, -0.2) is 30.7 Å². The summed E-state index contributed by atoms with van der Waals surface area (Å²) >= 11 is 0. The Morgan fingerprint density at radius 3 is 2.70 bits per heavy atom. The SMILES string of the molecule is CCn1c(O)c(C=Nc2ccc(-n3[nH]c(=O)cc3C)cc2)c2cccnc21. The molecule has 0 aliphatic heterocycles. The molecular weight excluding hydrogens is 342 g/mol. The topological polar surface area (TPSA) is 88.2 Å². The van der Waals surface area contributed by atoms with Crippen LogP contribution in [0, 0.1) is 6.92 Å². The smallest absolute Gasteiger partial charge is 0.264 e. The molecule has 3 aromatic heterocycles. The van der Waals surface area contributed by atoms with Gasteiger partial charge < -0.3 is 5.11 Å². The largest absolute Gasteiger partial charge is 0.494 e. The minimum Gasteiger partial charge on any atom is -0.494 e. The molecule has 0 amide bonds. The number of aryl methyl sites for hydroxylation is 2. The number of aromatic amines is 1. The highest BCUT2D eigenvalue weighted by molar-refractivity contribution is 6.01. The molecule has 3 heterocycles. The lowest BCUT2D eigenvalue weighted by Crippen LogP contribution is -2.03. The van der Waals surface area contributed by atoms with Crippen LogP contribution in [0.3, 0.4) is 0 Å². The van der Waals surface area contributed by atoms with Crippen molar-refractivity contribution in [2.45, 2.75) is 20.4 Å². The molecule has 0 unspecified atom stereocenters. The van der Waals surface area contributed by atoms with Crippen molar-refractivity contribution in [3.05, 3.63) is 70.3 Å². The molecule has 136 valence electrons. The molecule has 1 aromatic carbocycles. The van der Waals surface area contributed by atoms with Gasteiger partial charge in [-0.25, -0.2) is 4.98 Å². The monoisotopic (exact) mass is 361 g/mol. The van der Waals surface area contributed by atoms with Gasteiger partial charge in [-0.05, 0) is 50.2 Å². The lowest BCUT2D eigenvalue weighted by Gasteiger charge is -2.05. The van der Waals surface area contributed by atoms with E-state index in [1.54, 1.807) is 27.7 Å². The number of hydrogen-bond acceptors (Lipinski definition) is 4. The lowest BCUT2D eigenvalue weighted by atomic mass is 10.2. The number of H-pyrrole nitrogens is 1. The first-order valence-corrected chi connectivity index (χ1v) is 8.68. The average molecular weight is 361 g/mol. The van der Waals surface area contributed by atoms with Crippen molar-refractivity contribution in [1.82, 2.24) is 19.3 Å². The minimum absolute atomic E-state index is 0.133. The number of aromatic nitrogens is 4. The number of fused-ring (bicyclic) bond motifs is 1. The van der Waals surface area contributed by atoms with Gasteiger partial charge in [0.1, 0.15) is 5.65 Å². The van der Waals surface area contributed by atoms with E-state index in [-0.39, 0.29) is 11.4 Å². The summed E-state index contributed by atoms with van der Waals surface area (Å²) in [6, 6.07) is 12.8. The molecule has 7 nitrogen and oxygen atoms in total. The zero-order valence-corrected chi connectivity index (χ0v) is 15.0. The molecule has 7 heteroatoms. The van der Waals surface area contributed by atoms with Crippen molar-refractivity contribution in [2.75, 3.05) is 0 Å². The molecular formula is C20H19N5O2. The van der Waals surface area contributed by atoms with Crippen LogP contribution in [0.4, 0.5) is 5.69 Å². The Morgan fingerprint density at radius 2 is 2.04 bits per heavy atom. The second-order valence-electron chi connectivity index (χ2n) is 6.23. The molecule has 0 saturated carbocycles.